The van der Waals surface area contributed by atoms with Crippen LogP contribution in [-0.4, -0.2) is 37.0 Å². The lowest BCUT2D eigenvalue weighted by atomic mass is 10.1. The van der Waals surface area contributed by atoms with E-state index in [4.69, 9.17) is 0 Å². The molecule has 0 saturated heterocycles. The number of aryl methyl sites for hydroxylation is 1. The van der Waals surface area contributed by atoms with Gasteiger partial charge < -0.3 is 5.32 Å². The summed E-state index contributed by atoms with van der Waals surface area (Å²) in [6, 6.07) is 12.9. The van der Waals surface area contributed by atoms with Crippen LogP contribution in [0.4, 0.5) is 0 Å². The molecule has 0 aliphatic carbocycles. The number of amides is 1. The first kappa shape index (κ1) is 19.2. The molecular formula is C23H20N6O. The first-order valence-corrected chi connectivity index (χ1v) is 9.53. The standard InChI is InChI=1S/C23H20N6O/c1-18-9-12-27-28(18)15-13-25-23(30)21-7-8-22(29-14-3-11-26-29)20(16-21)6-5-19-4-2-10-24-17-19/h2-4,7-12,14,16-17H,13,15H2,1H3,(H,25,30). The number of nitrogens with one attached hydrogen (secondary N) is 1. The van der Waals surface area contributed by atoms with Gasteiger partial charge in [0.15, 0.2) is 0 Å². The van der Waals surface area contributed by atoms with E-state index in [0.29, 0.717) is 24.2 Å². The smallest absolute Gasteiger partial charge is 0.251 e. The first-order valence-electron chi connectivity index (χ1n) is 9.53. The quantitative estimate of drug-likeness (QED) is 0.526. The average Bonchev–Trinajstić information content (AvgIpc) is 3.45. The van der Waals surface area contributed by atoms with Crippen LogP contribution in [0.5, 0.6) is 0 Å². The van der Waals surface area contributed by atoms with Crippen LogP contribution < -0.4 is 5.32 Å². The number of pyridine rings is 1. The Morgan fingerprint density at radius 2 is 2.00 bits per heavy atom. The Morgan fingerprint density at radius 1 is 1.07 bits per heavy atom. The third-order valence-corrected chi connectivity index (χ3v) is 4.55. The molecule has 1 aromatic carbocycles. The van der Waals surface area contributed by atoms with Crippen LogP contribution in [0.3, 0.4) is 0 Å². The SMILES string of the molecule is Cc1ccnn1CCNC(=O)c1ccc(-n2cccn2)c(C#Cc2cccnc2)c1. The molecule has 30 heavy (non-hydrogen) atoms. The number of hydrogen-bond acceptors (Lipinski definition) is 4. The van der Waals surface area contributed by atoms with Crippen molar-refractivity contribution in [2.75, 3.05) is 6.54 Å². The van der Waals surface area contributed by atoms with E-state index in [1.165, 1.54) is 0 Å². The zero-order valence-electron chi connectivity index (χ0n) is 16.5. The van der Waals surface area contributed by atoms with E-state index in [1.54, 1.807) is 41.6 Å². The maximum atomic E-state index is 12.7. The summed E-state index contributed by atoms with van der Waals surface area (Å²) in [6.07, 6.45) is 8.70. The normalized spacial score (nSPS) is 10.3. The van der Waals surface area contributed by atoms with E-state index in [-0.39, 0.29) is 5.91 Å². The van der Waals surface area contributed by atoms with Gasteiger partial charge in [-0.15, -0.1) is 0 Å². The minimum Gasteiger partial charge on any atom is -0.350 e. The molecule has 4 rings (SSSR count). The number of rotatable bonds is 5. The molecule has 0 bridgehead atoms. The minimum atomic E-state index is -0.156. The van der Waals surface area contributed by atoms with Gasteiger partial charge in [-0.05, 0) is 49.4 Å². The van der Waals surface area contributed by atoms with Crippen LogP contribution in [0, 0.1) is 18.8 Å². The van der Waals surface area contributed by atoms with Crippen LogP contribution in [0.1, 0.15) is 27.2 Å². The Balaban J connectivity index is 1.56. The van der Waals surface area contributed by atoms with Gasteiger partial charge in [0.05, 0.1) is 17.8 Å². The molecule has 1 amide bonds. The molecule has 0 aliphatic heterocycles. The molecule has 4 aromatic rings. The number of hydrogen-bond donors (Lipinski definition) is 1. The van der Waals surface area contributed by atoms with Gasteiger partial charge in [-0.3, -0.25) is 14.5 Å². The van der Waals surface area contributed by atoms with Gasteiger partial charge in [-0.25, -0.2) is 4.68 Å². The fraction of sp³-hybridized carbons (Fsp3) is 0.130. The number of aromatic nitrogens is 5. The number of carbonyl (C=O) groups is 1. The van der Waals surface area contributed by atoms with Crippen molar-refractivity contribution in [2.45, 2.75) is 13.5 Å². The van der Waals surface area contributed by atoms with Crippen molar-refractivity contribution in [2.24, 2.45) is 0 Å². The molecule has 148 valence electrons. The summed E-state index contributed by atoms with van der Waals surface area (Å²) in [7, 11) is 0. The molecule has 0 unspecified atom stereocenters. The fourth-order valence-corrected chi connectivity index (χ4v) is 2.97. The number of benzene rings is 1. The third kappa shape index (κ3) is 4.45. The highest BCUT2D eigenvalue weighted by atomic mass is 16.1. The summed E-state index contributed by atoms with van der Waals surface area (Å²) in [5, 5.41) is 11.5. The topological polar surface area (TPSA) is 77.6 Å². The zero-order chi connectivity index (χ0) is 20.8. The molecule has 0 atom stereocenters. The van der Waals surface area contributed by atoms with E-state index < -0.39 is 0 Å². The minimum absolute atomic E-state index is 0.156. The number of carbonyl (C=O) groups excluding carboxylic acids is 1. The molecule has 3 aromatic heterocycles. The molecule has 7 heteroatoms. The maximum absolute atomic E-state index is 12.7. The van der Waals surface area contributed by atoms with Crippen molar-refractivity contribution >= 4 is 5.91 Å². The van der Waals surface area contributed by atoms with Crippen LogP contribution in [0.2, 0.25) is 0 Å². The molecule has 0 spiro atoms. The predicted molar refractivity (Wildman–Crippen MR) is 113 cm³/mol. The van der Waals surface area contributed by atoms with Gasteiger partial charge in [0.25, 0.3) is 5.91 Å². The van der Waals surface area contributed by atoms with Crippen molar-refractivity contribution in [1.29, 1.82) is 0 Å². The summed E-state index contributed by atoms with van der Waals surface area (Å²) in [5.74, 6) is 6.10. The summed E-state index contributed by atoms with van der Waals surface area (Å²) in [5.41, 5.74) is 3.91. The van der Waals surface area contributed by atoms with Crippen LogP contribution in [-0.2, 0) is 6.54 Å². The fourth-order valence-electron chi connectivity index (χ4n) is 2.97. The van der Waals surface area contributed by atoms with Crippen LogP contribution >= 0.6 is 0 Å². The second kappa shape index (κ2) is 8.88. The van der Waals surface area contributed by atoms with E-state index in [9.17, 15) is 4.79 Å². The monoisotopic (exact) mass is 396 g/mol. The van der Waals surface area contributed by atoms with Crippen molar-refractivity contribution in [3.63, 3.8) is 0 Å². The summed E-state index contributed by atoms with van der Waals surface area (Å²) < 4.78 is 3.58. The van der Waals surface area contributed by atoms with Gasteiger partial charge >= 0.3 is 0 Å². The Morgan fingerprint density at radius 3 is 2.73 bits per heavy atom. The molecular weight excluding hydrogens is 376 g/mol. The first-order chi connectivity index (χ1) is 14.7. The highest BCUT2D eigenvalue weighted by Crippen LogP contribution is 2.16. The lowest BCUT2D eigenvalue weighted by Gasteiger charge is -2.10. The Bertz CT molecular complexity index is 1200. The average molecular weight is 396 g/mol. The molecule has 1 N–H and O–H groups in total. The van der Waals surface area contributed by atoms with E-state index in [2.05, 4.69) is 32.3 Å². The third-order valence-electron chi connectivity index (χ3n) is 4.55. The molecule has 3 heterocycles. The number of nitrogens with zero attached hydrogens (tertiary/aromatic N) is 5. The van der Waals surface area contributed by atoms with Crippen LogP contribution in [0.15, 0.2) is 73.4 Å². The Kier molecular flexibility index (Phi) is 5.67. The molecule has 0 saturated carbocycles. The second-order valence-electron chi connectivity index (χ2n) is 6.63. The van der Waals surface area contributed by atoms with Crippen molar-refractivity contribution in [3.8, 4) is 17.5 Å². The lowest BCUT2D eigenvalue weighted by Crippen LogP contribution is -2.27. The highest BCUT2D eigenvalue weighted by Gasteiger charge is 2.10. The van der Waals surface area contributed by atoms with E-state index >= 15 is 0 Å². The Labute approximate surface area is 174 Å². The zero-order valence-corrected chi connectivity index (χ0v) is 16.5. The predicted octanol–water partition coefficient (Wildman–Crippen LogP) is 2.60. The van der Waals surface area contributed by atoms with Crippen molar-refractivity contribution in [1.82, 2.24) is 29.9 Å². The largest absolute Gasteiger partial charge is 0.350 e. The van der Waals surface area contributed by atoms with Gasteiger partial charge in [0.1, 0.15) is 0 Å². The van der Waals surface area contributed by atoms with Crippen LogP contribution in [0.25, 0.3) is 5.69 Å². The summed E-state index contributed by atoms with van der Waals surface area (Å²) in [6.45, 7) is 3.08. The summed E-state index contributed by atoms with van der Waals surface area (Å²) in [4.78, 5) is 16.7. The Hall–Kier alpha value is -4.18. The van der Waals surface area contributed by atoms with Crippen molar-refractivity contribution in [3.05, 3.63) is 95.8 Å². The second-order valence-corrected chi connectivity index (χ2v) is 6.63. The van der Waals surface area contributed by atoms with E-state index in [0.717, 1.165) is 16.9 Å². The van der Waals surface area contributed by atoms with Gasteiger partial charge in [0, 0.05) is 54.3 Å². The molecule has 0 aliphatic rings. The highest BCUT2D eigenvalue weighted by molar-refractivity contribution is 5.95. The maximum Gasteiger partial charge on any atom is 0.251 e. The molecule has 0 fully saturated rings. The van der Waals surface area contributed by atoms with E-state index in [1.807, 2.05) is 48.1 Å². The molecule has 0 radical (unpaired) electrons. The molecule has 7 nitrogen and oxygen atoms in total. The summed E-state index contributed by atoms with van der Waals surface area (Å²) >= 11 is 0. The van der Waals surface area contributed by atoms with Gasteiger partial charge in [-0.1, -0.05) is 11.8 Å². The van der Waals surface area contributed by atoms with Gasteiger partial charge in [-0.2, -0.15) is 10.2 Å². The van der Waals surface area contributed by atoms with Gasteiger partial charge in [0.2, 0.25) is 0 Å². The van der Waals surface area contributed by atoms with Crippen molar-refractivity contribution < 1.29 is 4.79 Å². The lowest BCUT2D eigenvalue weighted by molar-refractivity contribution is 0.0952.